The summed E-state index contributed by atoms with van der Waals surface area (Å²) in [5.74, 6) is 0.0618. The maximum atomic E-state index is 11.3. The van der Waals surface area contributed by atoms with Gasteiger partial charge < -0.3 is 10.6 Å². The third kappa shape index (κ3) is 2.18. The molecule has 1 amide bonds. The van der Waals surface area contributed by atoms with Crippen LogP contribution in [0.4, 0.5) is 0 Å². The third-order valence-electron chi connectivity index (χ3n) is 2.75. The molecule has 2 rings (SSSR count). The Bertz CT molecular complexity index is 374. The number of nitrogens with one attached hydrogen (secondary N) is 2. The van der Waals surface area contributed by atoms with Gasteiger partial charge in [0.15, 0.2) is 0 Å². The average molecular weight is 204 g/mol. The highest BCUT2D eigenvalue weighted by Gasteiger charge is 2.17. The summed E-state index contributed by atoms with van der Waals surface area (Å²) in [6.07, 6.45) is 2.21. The van der Waals surface area contributed by atoms with E-state index in [1.165, 1.54) is 5.56 Å². The second-order valence-corrected chi connectivity index (χ2v) is 3.88. The number of benzene rings is 1. The van der Waals surface area contributed by atoms with Crippen LogP contribution in [0.1, 0.15) is 27.9 Å². The number of hydrogen-bond donors (Lipinski definition) is 2. The van der Waals surface area contributed by atoms with Gasteiger partial charge in [-0.25, -0.2) is 0 Å². The van der Waals surface area contributed by atoms with Gasteiger partial charge in [-0.1, -0.05) is 12.1 Å². The van der Waals surface area contributed by atoms with Crippen molar-refractivity contribution >= 4 is 5.91 Å². The number of carbonyl (C=O) groups excluding carboxylic acids is 1. The molecule has 1 aliphatic heterocycles. The van der Waals surface area contributed by atoms with Crippen molar-refractivity contribution in [3.05, 3.63) is 34.9 Å². The van der Waals surface area contributed by atoms with Crippen LogP contribution in [0.3, 0.4) is 0 Å². The summed E-state index contributed by atoms with van der Waals surface area (Å²) in [5, 5.41) is 5.96. The molecule has 0 saturated carbocycles. The summed E-state index contributed by atoms with van der Waals surface area (Å²) < 4.78 is 0. The van der Waals surface area contributed by atoms with Gasteiger partial charge in [0, 0.05) is 12.1 Å². The number of carbonyl (C=O) groups is 1. The van der Waals surface area contributed by atoms with E-state index in [1.807, 2.05) is 13.1 Å². The average Bonchev–Trinajstić information content (AvgIpc) is 2.61. The van der Waals surface area contributed by atoms with Crippen LogP contribution in [0, 0.1) is 0 Å². The molecule has 1 heterocycles. The Balaban J connectivity index is 2.06. The summed E-state index contributed by atoms with van der Waals surface area (Å²) in [7, 11) is 1.96. The van der Waals surface area contributed by atoms with Gasteiger partial charge in [-0.3, -0.25) is 4.79 Å². The third-order valence-corrected chi connectivity index (χ3v) is 2.75. The van der Waals surface area contributed by atoms with E-state index in [1.54, 1.807) is 0 Å². The minimum Gasteiger partial charge on any atom is -0.348 e. The highest BCUT2D eigenvalue weighted by Crippen LogP contribution is 2.17. The number of amides is 1. The van der Waals surface area contributed by atoms with Crippen molar-refractivity contribution in [3.63, 3.8) is 0 Å². The molecule has 80 valence electrons. The number of aryl methyl sites for hydroxylation is 1. The van der Waals surface area contributed by atoms with Gasteiger partial charge in [0.05, 0.1) is 0 Å². The first kappa shape index (κ1) is 10.2. The van der Waals surface area contributed by atoms with Crippen molar-refractivity contribution in [1.82, 2.24) is 10.6 Å². The molecular weight excluding hydrogens is 188 g/mol. The fourth-order valence-electron chi connectivity index (χ4n) is 1.91. The first-order valence-electron chi connectivity index (χ1n) is 5.36. The molecule has 0 fully saturated rings. The van der Waals surface area contributed by atoms with E-state index in [0.717, 1.165) is 30.5 Å². The minimum atomic E-state index is 0.0618. The number of rotatable bonds is 4. The largest absolute Gasteiger partial charge is 0.348 e. The van der Waals surface area contributed by atoms with Crippen LogP contribution in [-0.2, 0) is 13.0 Å². The standard InChI is InChI=1S/C12H16N2O/c1-13-6-2-3-9-4-5-11-10(7-9)8-14-12(11)15/h4-5,7,13H,2-3,6,8H2,1H3,(H,14,15). The van der Waals surface area contributed by atoms with Crippen LogP contribution < -0.4 is 10.6 Å². The predicted octanol–water partition coefficient (Wildman–Crippen LogP) is 1.08. The van der Waals surface area contributed by atoms with Crippen molar-refractivity contribution < 1.29 is 4.79 Å². The summed E-state index contributed by atoms with van der Waals surface area (Å²) in [4.78, 5) is 11.3. The summed E-state index contributed by atoms with van der Waals surface area (Å²) in [6.45, 7) is 1.72. The summed E-state index contributed by atoms with van der Waals surface area (Å²) >= 11 is 0. The van der Waals surface area contributed by atoms with Gasteiger partial charge in [-0.2, -0.15) is 0 Å². The van der Waals surface area contributed by atoms with E-state index in [2.05, 4.69) is 22.8 Å². The SMILES string of the molecule is CNCCCc1ccc2c(c1)CNC2=O. The molecule has 3 heteroatoms. The molecule has 0 aromatic heterocycles. The van der Waals surface area contributed by atoms with Crippen molar-refractivity contribution in [2.24, 2.45) is 0 Å². The Morgan fingerprint density at radius 2 is 2.33 bits per heavy atom. The van der Waals surface area contributed by atoms with Crippen LogP contribution in [0.5, 0.6) is 0 Å². The van der Waals surface area contributed by atoms with Gasteiger partial charge in [-0.15, -0.1) is 0 Å². The minimum absolute atomic E-state index is 0.0618. The van der Waals surface area contributed by atoms with Crippen molar-refractivity contribution in [1.29, 1.82) is 0 Å². The van der Waals surface area contributed by atoms with Gasteiger partial charge in [0.25, 0.3) is 5.91 Å². The van der Waals surface area contributed by atoms with Crippen LogP contribution in [-0.4, -0.2) is 19.5 Å². The first-order chi connectivity index (χ1) is 7.31. The topological polar surface area (TPSA) is 41.1 Å². The quantitative estimate of drug-likeness (QED) is 0.721. The molecule has 1 aromatic rings. The van der Waals surface area contributed by atoms with E-state index in [0.29, 0.717) is 6.54 Å². The Morgan fingerprint density at radius 1 is 1.47 bits per heavy atom. The van der Waals surface area contributed by atoms with Crippen LogP contribution in [0.2, 0.25) is 0 Å². The Hall–Kier alpha value is -1.35. The van der Waals surface area contributed by atoms with Crippen molar-refractivity contribution in [3.8, 4) is 0 Å². The fourth-order valence-corrected chi connectivity index (χ4v) is 1.91. The van der Waals surface area contributed by atoms with E-state index in [-0.39, 0.29) is 5.91 Å². The van der Waals surface area contributed by atoms with E-state index < -0.39 is 0 Å². The second kappa shape index (κ2) is 4.45. The molecule has 2 N–H and O–H groups in total. The molecule has 1 aromatic carbocycles. The molecule has 3 nitrogen and oxygen atoms in total. The zero-order valence-electron chi connectivity index (χ0n) is 8.97. The lowest BCUT2D eigenvalue weighted by molar-refractivity contribution is 0.0966. The van der Waals surface area contributed by atoms with Gasteiger partial charge in [0.1, 0.15) is 0 Å². The lowest BCUT2D eigenvalue weighted by Crippen LogP contribution is -2.12. The van der Waals surface area contributed by atoms with Crippen LogP contribution >= 0.6 is 0 Å². The smallest absolute Gasteiger partial charge is 0.251 e. The fraction of sp³-hybridized carbons (Fsp3) is 0.417. The van der Waals surface area contributed by atoms with E-state index in [9.17, 15) is 4.79 Å². The molecule has 0 unspecified atom stereocenters. The maximum Gasteiger partial charge on any atom is 0.251 e. The highest BCUT2D eigenvalue weighted by molar-refractivity contribution is 5.98. The molecule has 0 spiro atoms. The van der Waals surface area contributed by atoms with Crippen LogP contribution in [0.15, 0.2) is 18.2 Å². The normalized spacial score (nSPS) is 13.8. The molecule has 0 atom stereocenters. The number of fused-ring (bicyclic) bond motifs is 1. The van der Waals surface area contributed by atoms with Gasteiger partial charge >= 0.3 is 0 Å². The lowest BCUT2D eigenvalue weighted by atomic mass is 10.0. The van der Waals surface area contributed by atoms with Gasteiger partial charge in [-0.05, 0) is 43.6 Å². The molecule has 15 heavy (non-hydrogen) atoms. The Kier molecular flexibility index (Phi) is 3.02. The molecule has 0 bridgehead atoms. The Labute approximate surface area is 89.9 Å². The van der Waals surface area contributed by atoms with Crippen molar-refractivity contribution in [2.45, 2.75) is 19.4 Å². The highest BCUT2D eigenvalue weighted by atomic mass is 16.1. The predicted molar refractivity (Wildman–Crippen MR) is 59.9 cm³/mol. The van der Waals surface area contributed by atoms with Crippen LogP contribution in [0.25, 0.3) is 0 Å². The maximum absolute atomic E-state index is 11.3. The zero-order chi connectivity index (χ0) is 10.7. The van der Waals surface area contributed by atoms with Crippen molar-refractivity contribution in [2.75, 3.05) is 13.6 Å². The van der Waals surface area contributed by atoms with E-state index >= 15 is 0 Å². The molecular formula is C12H16N2O. The molecule has 0 radical (unpaired) electrons. The lowest BCUT2D eigenvalue weighted by Gasteiger charge is -2.03. The summed E-state index contributed by atoms with van der Waals surface area (Å²) in [5.41, 5.74) is 3.30. The monoisotopic (exact) mass is 204 g/mol. The number of hydrogen-bond acceptors (Lipinski definition) is 2. The summed E-state index contributed by atoms with van der Waals surface area (Å²) in [6, 6.07) is 6.13. The van der Waals surface area contributed by atoms with E-state index in [4.69, 9.17) is 0 Å². The first-order valence-corrected chi connectivity index (χ1v) is 5.36. The molecule has 1 aliphatic rings. The molecule has 0 saturated heterocycles. The molecule has 0 aliphatic carbocycles. The Morgan fingerprint density at radius 3 is 3.13 bits per heavy atom. The second-order valence-electron chi connectivity index (χ2n) is 3.88. The van der Waals surface area contributed by atoms with Gasteiger partial charge in [0.2, 0.25) is 0 Å². The zero-order valence-corrected chi connectivity index (χ0v) is 8.97.